The zero-order valence-corrected chi connectivity index (χ0v) is 15.3. The van der Waals surface area contributed by atoms with E-state index in [0.29, 0.717) is 28.7 Å². The van der Waals surface area contributed by atoms with Gasteiger partial charge in [-0.3, -0.25) is 9.69 Å². The van der Waals surface area contributed by atoms with Crippen LogP contribution in [0.4, 0.5) is 0 Å². The van der Waals surface area contributed by atoms with E-state index in [9.17, 15) is 4.79 Å². The van der Waals surface area contributed by atoms with Crippen LogP contribution >= 0.6 is 34.8 Å². The third-order valence-electron chi connectivity index (χ3n) is 4.12. The molecule has 24 heavy (non-hydrogen) atoms. The highest BCUT2D eigenvalue weighted by Gasteiger charge is 2.23. The van der Waals surface area contributed by atoms with Gasteiger partial charge in [-0.05, 0) is 35.9 Å². The number of rotatable bonds is 3. The maximum atomic E-state index is 12.6. The van der Waals surface area contributed by atoms with Gasteiger partial charge < -0.3 is 4.90 Å². The molecule has 0 bridgehead atoms. The van der Waals surface area contributed by atoms with Crippen molar-refractivity contribution in [2.75, 3.05) is 26.2 Å². The normalized spacial score (nSPS) is 15.5. The van der Waals surface area contributed by atoms with E-state index >= 15 is 0 Å². The molecule has 0 radical (unpaired) electrons. The van der Waals surface area contributed by atoms with Crippen LogP contribution in [0.5, 0.6) is 0 Å². The SMILES string of the molecule is O=C(c1ccc(Cl)cc1Cl)N1CCN(Cc2cccc(Cl)c2)CC1. The van der Waals surface area contributed by atoms with Gasteiger partial charge in [0.1, 0.15) is 0 Å². The Kier molecular flexibility index (Phi) is 5.67. The monoisotopic (exact) mass is 382 g/mol. The molecule has 126 valence electrons. The molecule has 1 aliphatic heterocycles. The molecule has 2 aromatic carbocycles. The van der Waals surface area contributed by atoms with E-state index in [0.717, 1.165) is 24.7 Å². The van der Waals surface area contributed by atoms with E-state index in [1.54, 1.807) is 18.2 Å². The van der Waals surface area contributed by atoms with Gasteiger partial charge in [0.05, 0.1) is 10.6 Å². The van der Waals surface area contributed by atoms with Crippen LogP contribution in [0.3, 0.4) is 0 Å². The Balaban J connectivity index is 1.59. The lowest BCUT2D eigenvalue weighted by Crippen LogP contribution is -2.48. The molecule has 0 aromatic heterocycles. The lowest BCUT2D eigenvalue weighted by molar-refractivity contribution is 0.0628. The van der Waals surface area contributed by atoms with Crippen LogP contribution in [0, 0.1) is 0 Å². The van der Waals surface area contributed by atoms with Crippen molar-refractivity contribution in [3.63, 3.8) is 0 Å². The minimum Gasteiger partial charge on any atom is -0.336 e. The highest BCUT2D eigenvalue weighted by atomic mass is 35.5. The third-order valence-corrected chi connectivity index (χ3v) is 4.90. The van der Waals surface area contributed by atoms with Crippen molar-refractivity contribution in [2.45, 2.75) is 6.54 Å². The molecule has 1 saturated heterocycles. The summed E-state index contributed by atoms with van der Waals surface area (Å²) in [4.78, 5) is 16.8. The molecule has 3 nitrogen and oxygen atoms in total. The summed E-state index contributed by atoms with van der Waals surface area (Å²) in [6, 6.07) is 12.9. The highest BCUT2D eigenvalue weighted by Crippen LogP contribution is 2.23. The summed E-state index contributed by atoms with van der Waals surface area (Å²) >= 11 is 18.1. The number of nitrogens with zero attached hydrogens (tertiary/aromatic N) is 2. The second kappa shape index (κ2) is 7.75. The fourth-order valence-corrected chi connectivity index (χ4v) is 3.54. The molecule has 1 aliphatic rings. The largest absolute Gasteiger partial charge is 0.336 e. The minimum absolute atomic E-state index is 0.0425. The highest BCUT2D eigenvalue weighted by molar-refractivity contribution is 6.36. The average molecular weight is 384 g/mol. The number of piperazine rings is 1. The maximum absolute atomic E-state index is 12.6. The van der Waals surface area contributed by atoms with Gasteiger partial charge >= 0.3 is 0 Å². The van der Waals surface area contributed by atoms with Crippen molar-refractivity contribution >= 4 is 40.7 Å². The molecular formula is C18H17Cl3N2O. The van der Waals surface area contributed by atoms with Crippen LogP contribution in [-0.4, -0.2) is 41.9 Å². The van der Waals surface area contributed by atoms with Crippen LogP contribution in [0.15, 0.2) is 42.5 Å². The Morgan fingerprint density at radius 2 is 1.62 bits per heavy atom. The van der Waals surface area contributed by atoms with Crippen LogP contribution < -0.4 is 0 Å². The first-order valence-corrected chi connectivity index (χ1v) is 8.87. The van der Waals surface area contributed by atoms with Gasteiger partial charge in [-0.15, -0.1) is 0 Å². The summed E-state index contributed by atoms with van der Waals surface area (Å²) in [7, 11) is 0. The average Bonchev–Trinajstić information content (AvgIpc) is 2.55. The quantitative estimate of drug-likeness (QED) is 0.773. The number of hydrogen-bond donors (Lipinski definition) is 0. The minimum atomic E-state index is -0.0425. The smallest absolute Gasteiger partial charge is 0.255 e. The number of amides is 1. The molecule has 0 atom stereocenters. The number of benzene rings is 2. The first kappa shape index (κ1) is 17.6. The molecule has 1 amide bonds. The predicted molar refractivity (Wildman–Crippen MR) is 99.1 cm³/mol. The number of carbonyl (C=O) groups is 1. The third kappa shape index (κ3) is 4.22. The van der Waals surface area contributed by atoms with Crippen LogP contribution in [0.25, 0.3) is 0 Å². The van der Waals surface area contributed by atoms with Gasteiger partial charge in [-0.1, -0.05) is 46.9 Å². The summed E-state index contributed by atoms with van der Waals surface area (Å²) in [5.41, 5.74) is 1.69. The molecule has 0 N–H and O–H groups in total. The van der Waals surface area contributed by atoms with Crippen molar-refractivity contribution in [1.29, 1.82) is 0 Å². The Hall–Kier alpha value is -1.26. The van der Waals surface area contributed by atoms with Crippen LogP contribution in [-0.2, 0) is 6.54 Å². The van der Waals surface area contributed by atoms with Crippen molar-refractivity contribution < 1.29 is 4.79 Å². The van der Waals surface area contributed by atoms with Gasteiger partial charge in [0, 0.05) is 42.8 Å². The Morgan fingerprint density at radius 3 is 2.29 bits per heavy atom. The van der Waals surface area contributed by atoms with Crippen molar-refractivity contribution in [2.24, 2.45) is 0 Å². The van der Waals surface area contributed by atoms with E-state index in [-0.39, 0.29) is 5.91 Å². The molecule has 2 aromatic rings. The molecular weight excluding hydrogens is 367 g/mol. The van der Waals surface area contributed by atoms with E-state index in [1.165, 1.54) is 5.56 Å². The summed E-state index contributed by atoms with van der Waals surface area (Å²) in [5, 5.41) is 1.68. The summed E-state index contributed by atoms with van der Waals surface area (Å²) in [6.07, 6.45) is 0. The van der Waals surface area contributed by atoms with Gasteiger partial charge in [0.2, 0.25) is 0 Å². The molecule has 0 unspecified atom stereocenters. The molecule has 3 rings (SSSR count). The zero-order valence-electron chi connectivity index (χ0n) is 13.0. The molecule has 0 spiro atoms. The first-order valence-electron chi connectivity index (χ1n) is 7.74. The standard InChI is InChI=1S/C18H17Cl3N2O/c19-14-3-1-2-13(10-14)12-22-6-8-23(9-7-22)18(24)16-5-4-15(20)11-17(16)21/h1-5,10-11H,6-9,12H2. The number of hydrogen-bond acceptors (Lipinski definition) is 2. The summed E-state index contributed by atoms with van der Waals surface area (Å²) in [5.74, 6) is -0.0425. The van der Waals surface area contributed by atoms with Crippen molar-refractivity contribution in [3.05, 3.63) is 68.7 Å². The second-order valence-electron chi connectivity index (χ2n) is 5.82. The number of carbonyl (C=O) groups excluding carboxylic acids is 1. The number of halogens is 3. The van der Waals surface area contributed by atoms with Crippen molar-refractivity contribution in [1.82, 2.24) is 9.80 Å². The van der Waals surface area contributed by atoms with E-state index < -0.39 is 0 Å². The Morgan fingerprint density at radius 1 is 0.917 bits per heavy atom. The lowest BCUT2D eigenvalue weighted by Gasteiger charge is -2.35. The zero-order chi connectivity index (χ0) is 17.1. The maximum Gasteiger partial charge on any atom is 0.255 e. The van der Waals surface area contributed by atoms with Crippen LogP contribution in [0.2, 0.25) is 15.1 Å². The van der Waals surface area contributed by atoms with Gasteiger partial charge in [0.25, 0.3) is 5.91 Å². The van der Waals surface area contributed by atoms with Gasteiger partial charge in [-0.25, -0.2) is 0 Å². The molecule has 0 saturated carbocycles. The Labute approximate surface area is 156 Å². The fraction of sp³-hybridized carbons (Fsp3) is 0.278. The fourth-order valence-electron chi connectivity index (χ4n) is 2.84. The van der Waals surface area contributed by atoms with Gasteiger partial charge in [-0.2, -0.15) is 0 Å². The lowest BCUT2D eigenvalue weighted by atomic mass is 10.1. The summed E-state index contributed by atoms with van der Waals surface area (Å²) < 4.78 is 0. The topological polar surface area (TPSA) is 23.6 Å². The van der Waals surface area contributed by atoms with Crippen molar-refractivity contribution in [3.8, 4) is 0 Å². The second-order valence-corrected chi connectivity index (χ2v) is 7.10. The first-order chi connectivity index (χ1) is 11.5. The van der Waals surface area contributed by atoms with Gasteiger partial charge in [0.15, 0.2) is 0 Å². The molecule has 1 heterocycles. The van der Waals surface area contributed by atoms with Crippen LogP contribution in [0.1, 0.15) is 15.9 Å². The molecule has 0 aliphatic carbocycles. The van der Waals surface area contributed by atoms with E-state index in [4.69, 9.17) is 34.8 Å². The summed E-state index contributed by atoms with van der Waals surface area (Å²) in [6.45, 7) is 3.84. The molecule has 1 fully saturated rings. The Bertz CT molecular complexity index is 743. The molecule has 6 heteroatoms. The van der Waals surface area contributed by atoms with E-state index in [2.05, 4.69) is 11.0 Å². The van der Waals surface area contributed by atoms with E-state index in [1.807, 2.05) is 23.1 Å². The predicted octanol–water partition coefficient (Wildman–Crippen LogP) is 4.60.